The van der Waals surface area contributed by atoms with Crippen molar-refractivity contribution in [3.63, 3.8) is 0 Å². The first-order valence-electron chi connectivity index (χ1n) is 7.52. The molecule has 0 fully saturated rings. The molecule has 2 atom stereocenters. The number of hydrogen-bond acceptors (Lipinski definition) is 1. The van der Waals surface area contributed by atoms with Crippen molar-refractivity contribution < 1.29 is 5.11 Å². The van der Waals surface area contributed by atoms with Crippen LogP contribution in [-0.4, -0.2) is 11.2 Å². The van der Waals surface area contributed by atoms with E-state index in [4.69, 9.17) is 0 Å². The van der Waals surface area contributed by atoms with E-state index in [2.05, 4.69) is 70.2 Å². The van der Waals surface area contributed by atoms with Gasteiger partial charge < -0.3 is 5.11 Å². The molecule has 0 aliphatic heterocycles. The van der Waals surface area contributed by atoms with Crippen molar-refractivity contribution in [3.05, 3.63) is 48.0 Å². The predicted molar refractivity (Wildman–Crippen MR) is 86.9 cm³/mol. The fourth-order valence-electron chi connectivity index (χ4n) is 2.57. The molecule has 0 spiro atoms. The third kappa shape index (κ3) is 3.61. The van der Waals surface area contributed by atoms with E-state index in [0.717, 1.165) is 12.8 Å². The van der Waals surface area contributed by atoms with Crippen molar-refractivity contribution >= 4 is 10.8 Å². The smallest absolute Gasteiger partial charge is 0.0583 e. The van der Waals surface area contributed by atoms with Gasteiger partial charge in [0.25, 0.3) is 0 Å². The largest absolute Gasteiger partial charge is 0.393 e. The Balaban J connectivity index is 2.12. The Labute approximate surface area is 122 Å². The summed E-state index contributed by atoms with van der Waals surface area (Å²) in [5.41, 5.74) is 1.50. The van der Waals surface area contributed by atoms with Gasteiger partial charge in [-0.2, -0.15) is 0 Å². The maximum Gasteiger partial charge on any atom is 0.0583 e. The van der Waals surface area contributed by atoms with Crippen LogP contribution in [0.3, 0.4) is 0 Å². The van der Waals surface area contributed by atoms with Crippen LogP contribution in [0.1, 0.15) is 39.7 Å². The summed E-state index contributed by atoms with van der Waals surface area (Å²) in [5.74, 6) is 0.507. The second-order valence-corrected chi connectivity index (χ2v) is 7.00. The van der Waals surface area contributed by atoms with Crippen molar-refractivity contribution in [3.8, 4) is 0 Å². The van der Waals surface area contributed by atoms with Gasteiger partial charge in [-0.3, -0.25) is 0 Å². The van der Waals surface area contributed by atoms with Gasteiger partial charge in [-0.1, -0.05) is 70.2 Å². The molecule has 0 aliphatic carbocycles. The number of rotatable bonds is 4. The molecule has 0 bridgehead atoms. The van der Waals surface area contributed by atoms with Crippen LogP contribution in [0.25, 0.3) is 10.8 Å². The summed E-state index contributed by atoms with van der Waals surface area (Å²) in [5, 5.41) is 12.9. The number of benzene rings is 2. The van der Waals surface area contributed by atoms with Gasteiger partial charge in [-0.15, -0.1) is 0 Å². The van der Waals surface area contributed by atoms with Gasteiger partial charge in [0.2, 0.25) is 0 Å². The Morgan fingerprint density at radius 1 is 1.00 bits per heavy atom. The maximum atomic E-state index is 10.4. The molecule has 0 aliphatic rings. The van der Waals surface area contributed by atoms with Crippen molar-refractivity contribution in [1.82, 2.24) is 0 Å². The highest BCUT2D eigenvalue weighted by Crippen LogP contribution is 2.30. The molecule has 0 saturated carbocycles. The first-order valence-corrected chi connectivity index (χ1v) is 7.52. The lowest BCUT2D eigenvalue weighted by atomic mass is 9.78. The van der Waals surface area contributed by atoms with Crippen molar-refractivity contribution in [2.75, 3.05) is 0 Å². The average Bonchev–Trinajstić information content (AvgIpc) is 2.38. The predicted octanol–water partition coefficient (Wildman–Crippen LogP) is 4.82. The second-order valence-electron chi connectivity index (χ2n) is 7.00. The molecule has 0 saturated heterocycles. The van der Waals surface area contributed by atoms with Gasteiger partial charge in [0, 0.05) is 0 Å². The first kappa shape index (κ1) is 15.1. The summed E-state index contributed by atoms with van der Waals surface area (Å²) in [6.45, 7) is 8.94. The van der Waals surface area contributed by atoms with Crippen molar-refractivity contribution in [2.24, 2.45) is 11.3 Å². The lowest BCUT2D eigenvalue weighted by Crippen LogP contribution is -2.24. The van der Waals surface area contributed by atoms with E-state index in [1.54, 1.807) is 0 Å². The second kappa shape index (κ2) is 5.97. The zero-order chi connectivity index (χ0) is 14.8. The highest BCUT2D eigenvalue weighted by Gasteiger charge is 2.23. The molecule has 1 N–H and O–H groups in total. The summed E-state index contributed by atoms with van der Waals surface area (Å²) >= 11 is 0. The first-order chi connectivity index (χ1) is 9.38. The Kier molecular flexibility index (Phi) is 4.49. The van der Waals surface area contributed by atoms with E-state index >= 15 is 0 Å². The molecule has 108 valence electrons. The Bertz CT molecular complexity index is 560. The van der Waals surface area contributed by atoms with E-state index in [1.165, 1.54) is 16.3 Å². The molecule has 0 heterocycles. The fraction of sp³-hybridized carbons (Fsp3) is 0.474. The lowest BCUT2D eigenvalue weighted by molar-refractivity contribution is 0.110. The number of aliphatic hydroxyl groups excluding tert-OH is 1. The van der Waals surface area contributed by atoms with Gasteiger partial charge in [0.05, 0.1) is 6.10 Å². The summed E-state index contributed by atoms with van der Waals surface area (Å²) in [6.07, 6.45) is 1.32. The van der Waals surface area contributed by atoms with E-state index in [0.29, 0.717) is 5.92 Å². The van der Waals surface area contributed by atoms with Gasteiger partial charge in [0.1, 0.15) is 0 Å². The summed E-state index contributed by atoms with van der Waals surface area (Å²) in [6, 6.07) is 14.7. The molecule has 20 heavy (non-hydrogen) atoms. The zero-order valence-corrected chi connectivity index (χ0v) is 13.1. The van der Waals surface area contributed by atoms with Crippen molar-refractivity contribution in [1.29, 1.82) is 0 Å². The molecular weight excluding hydrogens is 244 g/mol. The fourth-order valence-corrected chi connectivity index (χ4v) is 2.57. The summed E-state index contributed by atoms with van der Waals surface area (Å²) in [7, 11) is 0. The van der Waals surface area contributed by atoms with Crippen LogP contribution >= 0.6 is 0 Å². The standard InChI is InChI=1S/C19H26O/c1-14(19(2,3)4)12-17(20)13-16-10-7-9-15-8-5-6-11-18(15)16/h5-11,14,17,20H,12-13H2,1-4H3. The van der Waals surface area contributed by atoms with E-state index in [9.17, 15) is 5.11 Å². The van der Waals surface area contributed by atoms with Crippen LogP contribution in [0, 0.1) is 11.3 Å². The van der Waals surface area contributed by atoms with E-state index in [1.807, 2.05) is 0 Å². The minimum absolute atomic E-state index is 0.250. The van der Waals surface area contributed by atoms with E-state index < -0.39 is 0 Å². The van der Waals surface area contributed by atoms with Gasteiger partial charge in [-0.05, 0) is 40.5 Å². The normalized spacial score (nSPS) is 15.2. The molecule has 0 amide bonds. The van der Waals surface area contributed by atoms with Crippen LogP contribution in [0.15, 0.2) is 42.5 Å². The lowest BCUT2D eigenvalue weighted by Gasteiger charge is -2.29. The van der Waals surface area contributed by atoms with Crippen LogP contribution < -0.4 is 0 Å². The average molecular weight is 270 g/mol. The zero-order valence-electron chi connectivity index (χ0n) is 13.1. The minimum atomic E-state index is -0.268. The molecule has 2 aromatic carbocycles. The highest BCUT2D eigenvalue weighted by atomic mass is 16.3. The SMILES string of the molecule is CC(CC(O)Cc1cccc2ccccc12)C(C)(C)C. The molecule has 2 unspecified atom stereocenters. The molecule has 0 aromatic heterocycles. The van der Waals surface area contributed by atoms with Gasteiger partial charge in [-0.25, -0.2) is 0 Å². The minimum Gasteiger partial charge on any atom is -0.393 e. The molecule has 2 rings (SSSR count). The van der Waals surface area contributed by atoms with E-state index in [-0.39, 0.29) is 11.5 Å². The summed E-state index contributed by atoms with van der Waals surface area (Å²) in [4.78, 5) is 0. The third-order valence-electron chi connectivity index (χ3n) is 4.44. The van der Waals surface area contributed by atoms with Crippen LogP contribution in [-0.2, 0) is 6.42 Å². The summed E-state index contributed by atoms with van der Waals surface area (Å²) < 4.78 is 0. The molecule has 2 aromatic rings. The quantitative estimate of drug-likeness (QED) is 0.845. The van der Waals surface area contributed by atoms with Gasteiger partial charge >= 0.3 is 0 Å². The van der Waals surface area contributed by atoms with Crippen LogP contribution in [0.2, 0.25) is 0 Å². The third-order valence-corrected chi connectivity index (χ3v) is 4.44. The Morgan fingerprint density at radius 2 is 1.65 bits per heavy atom. The van der Waals surface area contributed by atoms with Crippen LogP contribution in [0.5, 0.6) is 0 Å². The van der Waals surface area contributed by atoms with Gasteiger partial charge in [0.15, 0.2) is 0 Å². The molecular formula is C19H26O. The topological polar surface area (TPSA) is 20.2 Å². The number of fused-ring (bicyclic) bond motifs is 1. The molecule has 0 radical (unpaired) electrons. The molecule has 1 heteroatoms. The maximum absolute atomic E-state index is 10.4. The van der Waals surface area contributed by atoms with Crippen molar-refractivity contribution in [2.45, 2.75) is 46.6 Å². The number of aliphatic hydroxyl groups is 1. The Morgan fingerprint density at radius 3 is 2.35 bits per heavy atom. The number of hydrogen-bond donors (Lipinski definition) is 1. The highest BCUT2D eigenvalue weighted by molar-refractivity contribution is 5.85. The van der Waals surface area contributed by atoms with Crippen LogP contribution in [0.4, 0.5) is 0 Å². The molecule has 1 nitrogen and oxygen atoms in total. The monoisotopic (exact) mass is 270 g/mol. The Hall–Kier alpha value is -1.34.